The predicted octanol–water partition coefficient (Wildman–Crippen LogP) is 4.11. The van der Waals surface area contributed by atoms with Crippen LogP contribution in [0.5, 0.6) is 0 Å². The molecule has 3 heteroatoms. The van der Waals surface area contributed by atoms with Crippen LogP contribution in [0.4, 0.5) is 0 Å². The van der Waals surface area contributed by atoms with Crippen molar-refractivity contribution in [1.29, 1.82) is 0 Å². The van der Waals surface area contributed by atoms with Crippen molar-refractivity contribution in [3.05, 3.63) is 21.3 Å². The standard InChI is InChI=1S/C12H20ClNS/c1-12(2,3)14-8-5-4-6-11-10(13)7-9-15-11/h7,9,14H,4-6,8H2,1-3H3. The zero-order valence-electron chi connectivity index (χ0n) is 9.77. The van der Waals surface area contributed by atoms with Gasteiger partial charge in [-0.3, -0.25) is 0 Å². The Morgan fingerprint density at radius 2 is 2.07 bits per heavy atom. The summed E-state index contributed by atoms with van der Waals surface area (Å²) in [6, 6.07) is 1.98. The van der Waals surface area contributed by atoms with E-state index in [1.165, 1.54) is 17.7 Å². The fourth-order valence-corrected chi connectivity index (χ4v) is 2.55. The van der Waals surface area contributed by atoms with Crippen LogP contribution < -0.4 is 5.32 Å². The minimum atomic E-state index is 0.237. The summed E-state index contributed by atoms with van der Waals surface area (Å²) in [6.07, 6.45) is 3.54. The molecule has 0 unspecified atom stereocenters. The average Bonchev–Trinajstić information content (AvgIpc) is 2.49. The molecule has 1 aromatic rings. The molecule has 0 amide bonds. The maximum absolute atomic E-state index is 6.02. The van der Waals surface area contributed by atoms with Crippen LogP contribution >= 0.6 is 22.9 Å². The van der Waals surface area contributed by atoms with Gasteiger partial charge in [-0.25, -0.2) is 0 Å². The monoisotopic (exact) mass is 245 g/mol. The quantitative estimate of drug-likeness (QED) is 0.770. The highest BCUT2D eigenvalue weighted by atomic mass is 35.5. The summed E-state index contributed by atoms with van der Waals surface area (Å²) >= 11 is 7.78. The summed E-state index contributed by atoms with van der Waals surface area (Å²) < 4.78 is 0. The summed E-state index contributed by atoms with van der Waals surface area (Å²) in [5.41, 5.74) is 0.237. The second-order valence-corrected chi connectivity index (χ2v) is 6.23. The molecule has 86 valence electrons. The highest BCUT2D eigenvalue weighted by molar-refractivity contribution is 7.10. The maximum atomic E-state index is 6.02. The van der Waals surface area contributed by atoms with Gasteiger partial charge in [-0.15, -0.1) is 11.3 Å². The molecule has 0 aliphatic rings. The van der Waals surface area contributed by atoms with E-state index >= 15 is 0 Å². The summed E-state index contributed by atoms with van der Waals surface area (Å²) in [6.45, 7) is 7.68. The van der Waals surface area contributed by atoms with Crippen LogP contribution in [0.1, 0.15) is 38.5 Å². The molecule has 1 heterocycles. The number of unbranched alkanes of at least 4 members (excludes halogenated alkanes) is 1. The van der Waals surface area contributed by atoms with Crippen LogP contribution in [0.25, 0.3) is 0 Å². The molecule has 0 spiro atoms. The van der Waals surface area contributed by atoms with E-state index in [0.29, 0.717) is 0 Å². The molecule has 0 aromatic carbocycles. The third kappa shape index (κ3) is 5.55. The SMILES string of the molecule is CC(C)(C)NCCCCc1sccc1Cl. The maximum Gasteiger partial charge on any atom is 0.0544 e. The van der Waals surface area contributed by atoms with Gasteiger partial charge in [0.25, 0.3) is 0 Å². The van der Waals surface area contributed by atoms with Gasteiger partial charge in [0.1, 0.15) is 0 Å². The van der Waals surface area contributed by atoms with Gasteiger partial charge in [-0.2, -0.15) is 0 Å². The Morgan fingerprint density at radius 3 is 2.60 bits per heavy atom. The second kappa shape index (κ2) is 5.88. The first-order chi connectivity index (χ1) is 6.99. The molecule has 0 fully saturated rings. The minimum absolute atomic E-state index is 0.237. The normalized spacial score (nSPS) is 12.0. The van der Waals surface area contributed by atoms with Gasteiger partial charge >= 0.3 is 0 Å². The lowest BCUT2D eigenvalue weighted by Crippen LogP contribution is -2.36. The van der Waals surface area contributed by atoms with Crippen LogP contribution in [0.2, 0.25) is 5.02 Å². The van der Waals surface area contributed by atoms with Gasteiger partial charge in [0.15, 0.2) is 0 Å². The molecule has 0 saturated heterocycles. The lowest BCUT2D eigenvalue weighted by molar-refractivity contribution is 0.419. The van der Waals surface area contributed by atoms with Crippen molar-refractivity contribution < 1.29 is 0 Å². The first kappa shape index (κ1) is 13.0. The largest absolute Gasteiger partial charge is 0.312 e. The molecular weight excluding hydrogens is 226 g/mol. The summed E-state index contributed by atoms with van der Waals surface area (Å²) in [7, 11) is 0. The number of rotatable bonds is 5. The Labute approximate surface area is 102 Å². The molecule has 1 nitrogen and oxygen atoms in total. The van der Waals surface area contributed by atoms with Crippen LogP contribution in [-0.4, -0.2) is 12.1 Å². The molecule has 0 atom stereocenters. The predicted molar refractivity (Wildman–Crippen MR) is 70.0 cm³/mol. The van der Waals surface area contributed by atoms with E-state index < -0.39 is 0 Å². The van der Waals surface area contributed by atoms with Crippen LogP contribution in [0, 0.1) is 0 Å². The number of nitrogens with one attached hydrogen (secondary N) is 1. The fourth-order valence-electron chi connectivity index (χ4n) is 1.38. The molecule has 1 N–H and O–H groups in total. The van der Waals surface area contributed by atoms with Gasteiger partial charge in [0.05, 0.1) is 5.02 Å². The number of hydrogen-bond acceptors (Lipinski definition) is 2. The first-order valence-electron chi connectivity index (χ1n) is 5.46. The third-order valence-electron chi connectivity index (χ3n) is 2.18. The van der Waals surface area contributed by atoms with E-state index in [-0.39, 0.29) is 5.54 Å². The lowest BCUT2D eigenvalue weighted by Gasteiger charge is -2.20. The molecule has 1 aromatic heterocycles. The van der Waals surface area contributed by atoms with Crippen molar-refractivity contribution in [1.82, 2.24) is 5.32 Å². The molecule has 0 aliphatic heterocycles. The van der Waals surface area contributed by atoms with Crippen molar-refractivity contribution in [2.75, 3.05) is 6.54 Å². The molecule has 0 aliphatic carbocycles. The van der Waals surface area contributed by atoms with Crippen molar-refractivity contribution in [2.45, 2.75) is 45.6 Å². The van der Waals surface area contributed by atoms with Gasteiger partial charge in [0.2, 0.25) is 0 Å². The number of aryl methyl sites for hydroxylation is 1. The van der Waals surface area contributed by atoms with Crippen LogP contribution in [0.15, 0.2) is 11.4 Å². The molecule has 0 radical (unpaired) electrons. The van der Waals surface area contributed by atoms with E-state index in [1.54, 1.807) is 11.3 Å². The highest BCUT2D eigenvalue weighted by Crippen LogP contribution is 2.23. The average molecular weight is 246 g/mol. The van der Waals surface area contributed by atoms with E-state index in [4.69, 9.17) is 11.6 Å². The molecule has 0 bridgehead atoms. The topological polar surface area (TPSA) is 12.0 Å². The van der Waals surface area contributed by atoms with Crippen molar-refractivity contribution in [2.24, 2.45) is 0 Å². The third-order valence-corrected chi connectivity index (χ3v) is 3.62. The van der Waals surface area contributed by atoms with Gasteiger partial charge in [-0.05, 0) is 58.0 Å². The Morgan fingerprint density at radius 1 is 1.33 bits per heavy atom. The van der Waals surface area contributed by atoms with E-state index in [9.17, 15) is 0 Å². The molecule has 0 saturated carbocycles. The number of halogens is 1. The van der Waals surface area contributed by atoms with E-state index in [2.05, 4.69) is 31.5 Å². The van der Waals surface area contributed by atoms with Crippen molar-refractivity contribution in [3.63, 3.8) is 0 Å². The Hall–Kier alpha value is -0.0500. The zero-order valence-corrected chi connectivity index (χ0v) is 11.3. The van der Waals surface area contributed by atoms with Crippen LogP contribution in [-0.2, 0) is 6.42 Å². The molecule has 1 rings (SSSR count). The molecule has 15 heavy (non-hydrogen) atoms. The smallest absolute Gasteiger partial charge is 0.0544 e. The summed E-state index contributed by atoms with van der Waals surface area (Å²) in [5.74, 6) is 0. The van der Waals surface area contributed by atoms with E-state index in [1.807, 2.05) is 6.07 Å². The van der Waals surface area contributed by atoms with E-state index in [0.717, 1.165) is 18.0 Å². The second-order valence-electron chi connectivity index (χ2n) is 4.83. The Balaban J connectivity index is 2.10. The molecular formula is C12H20ClNS. The number of hydrogen-bond donors (Lipinski definition) is 1. The minimum Gasteiger partial charge on any atom is -0.312 e. The zero-order chi connectivity index (χ0) is 11.3. The fraction of sp³-hybridized carbons (Fsp3) is 0.667. The lowest BCUT2D eigenvalue weighted by atomic mass is 10.1. The highest BCUT2D eigenvalue weighted by Gasteiger charge is 2.07. The van der Waals surface area contributed by atoms with Crippen molar-refractivity contribution >= 4 is 22.9 Å². The summed E-state index contributed by atoms with van der Waals surface area (Å²) in [4.78, 5) is 1.33. The van der Waals surface area contributed by atoms with Gasteiger partial charge < -0.3 is 5.32 Å². The summed E-state index contributed by atoms with van der Waals surface area (Å²) in [5, 5.41) is 6.48. The van der Waals surface area contributed by atoms with Crippen LogP contribution in [0.3, 0.4) is 0 Å². The first-order valence-corrected chi connectivity index (χ1v) is 6.72. The van der Waals surface area contributed by atoms with Gasteiger partial charge in [0, 0.05) is 10.4 Å². The Bertz CT molecular complexity index is 288. The van der Waals surface area contributed by atoms with Crippen molar-refractivity contribution in [3.8, 4) is 0 Å². The van der Waals surface area contributed by atoms with Gasteiger partial charge in [-0.1, -0.05) is 11.6 Å². The Kier molecular flexibility index (Phi) is 5.10. The number of thiophene rings is 1.